The Hall–Kier alpha value is -4.56. The van der Waals surface area contributed by atoms with E-state index in [1.807, 2.05) is 71.6 Å². The molecule has 0 atom stereocenters. The summed E-state index contributed by atoms with van der Waals surface area (Å²) in [5.41, 5.74) is 7.86. The van der Waals surface area contributed by atoms with E-state index in [0.717, 1.165) is 51.4 Å². The molecular formula is C32H29N5O2S. The number of benzene rings is 3. The van der Waals surface area contributed by atoms with E-state index in [1.165, 1.54) is 21.4 Å². The van der Waals surface area contributed by atoms with Gasteiger partial charge in [0, 0.05) is 22.9 Å². The summed E-state index contributed by atoms with van der Waals surface area (Å²) in [6.45, 7) is 9.05. The van der Waals surface area contributed by atoms with Gasteiger partial charge in [-0.25, -0.2) is 4.68 Å². The van der Waals surface area contributed by atoms with Crippen molar-refractivity contribution in [2.75, 3.05) is 6.61 Å². The number of thiazole rings is 1. The summed E-state index contributed by atoms with van der Waals surface area (Å²) in [4.78, 5) is 18.7. The zero-order valence-electron chi connectivity index (χ0n) is 22.9. The van der Waals surface area contributed by atoms with Gasteiger partial charge < -0.3 is 4.74 Å². The fourth-order valence-corrected chi connectivity index (χ4v) is 5.87. The number of aromatic nitrogens is 5. The Labute approximate surface area is 236 Å². The SMILES string of the molecule is CCCOc1ccc(-c2nc3s/c(=C\c4cn(-c5ccccc5)nc4-c4c(C)cc(C)cc4C)c(=O)n3n2)cc1. The Morgan fingerprint density at radius 2 is 1.68 bits per heavy atom. The van der Waals surface area contributed by atoms with Gasteiger partial charge in [0.05, 0.1) is 16.8 Å². The summed E-state index contributed by atoms with van der Waals surface area (Å²) in [5, 5.41) is 9.52. The second-order valence-electron chi connectivity index (χ2n) is 9.91. The monoisotopic (exact) mass is 547 g/mol. The van der Waals surface area contributed by atoms with Crippen LogP contribution in [0, 0.1) is 20.8 Å². The van der Waals surface area contributed by atoms with Crippen LogP contribution in [0.5, 0.6) is 5.75 Å². The zero-order valence-corrected chi connectivity index (χ0v) is 23.7. The minimum absolute atomic E-state index is 0.197. The van der Waals surface area contributed by atoms with E-state index < -0.39 is 0 Å². The highest BCUT2D eigenvalue weighted by molar-refractivity contribution is 7.15. The molecule has 0 amide bonds. The maximum absolute atomic E-state index is 13.4. The second kappa shape index (κ2) is 10.5. The molecule has 3 aromatic heterocycles. The van der Waals surface area contributed by atoms with Gasteiger partial charge in [0.25, 0.3) is 5.56 Å². The fraction of sp³-hybridized carbons (Fsp3) is 0.188. The first kappa shape index (κ1) is 25.7. The van der Waals surface area contributed by atoms with Crippen molar-refractivity contribution in [2.24, 2.45) is 0 Å². The topological polar surface area (TPSA) is 74.3 Å². The van der Waals surface area contributed by atoms with Crippen LogP contribution in [0.2, 0.25) is 0 Å². The van der Waals surface area contributed by atoms with Gasteiger partial charge in [0.15, 0.2) is 5.82 Å². The summed E-state index contributed by atoms with van der Waals surface area (Å²) in [6, 6.07) is 22.0. The van der Waals surface area contributed by atoms with Crippen molar-refractivity contribution in [2.45, 2.75) is 34.1 Å². The molecule has 0 saturated carbocycles. The Morgan fingerprint density at radius 1 is 0.950 bits per heavy atom. The summed E-state index contributed by atoms with van der Waals surface area (Å²) in [7, 11) is 0. The van der Waals surface area contributed by atoms with Gasteiger partial charge in [0.1, 0.15) is 11.4 Å². The van der Waals surface area contributed by atoms with Crippen molar-refractivity contribution in [1.82, 2.24) is 24.4 Å². The van der Waals surface area contributed by atoms with E-state index in [-0.39, 0.29) is 5.56 Å². The lowest BCUT2D eigenvalue weighted by atomic mass is 9.95. The number of ether oxygens (including phenoxy) is 1. The minimum Gasteiger partial charge on any atom is -0.494 e. The van der Waals surface area contributed by atoms with E-state index in [4.69, 9.17) is 9.84 Å². The molecule has 0 aliphatic heterocycles. The van der Waals surface area contributed by atoms with Crippen molar-refractivity contribution >= 4 is 22.4 Å². The third-order valence-corrected chi connectivity index (χ3v) is 7.69. The Morgan fingerprint density at radius 3 is 2.35 bits per heavy atom. The zero-order chi connectivity index (χ0) is 27.8. The maximum Gasteiger partial charge on any atom is 0.291 e. The van der Waals surface area contributed by atoms with Crippen LogP contribution >= 0.6 is 11.3 Å². The van der Waals surface area contributed by atoms with Crippen molar-refractivity contribution in [3.63, 3.8) is 0 Å². The molecule has 0 aliphatic rings. The molecule has 7 nitrogen and oxygen atoms in total. The quantitative estimate of drug-likeness (QED) is 0.248. The number of fused-ring (bicyclic) bond motifs is 1. The first-order chi connectivity index (χ1) is 19.4. The minimum atomic E-state index is -0.197. The van der Waals surface area contributed by atoms with Gasteiger partial charge >= 0.3 is 0 Å². The number of aryl methyl sites for hydroxylation is 3. The van der Waals surface area contributed by atoms with Gasteiger partial charge in [-0.2, -0.15) is 14.6 Å². The lowest BCUT2D eigenvalue weighted by Crippen LogP contribution is -2.23. The summed E-state index contributed by atoms with van der Waals surface area (Å²) >= 11 is 1.33. The highest BCUT2D eigenvalue weighted by atomic mass is 32.1. The molecule has 0 unspecified atom stereocenters. The molecule has 3 aromatic carbocycles. The van der Waals surface area contributed by atoms with E-state index >= 15 is 0 Å². The molecule has 6 aromatic rings. The highest BCUT2D eigenvalue weighted by Gasteiger charge is 2.17. The number of nitrogens with zero attached hydrogens (tertiary/aromatic N) is 5. The molecule has 0 fully saturated rings. The van der Waals surface area contributed by atoms with E-state index in [1.54, 1.807) is 0 Å². The molecule has 6 rings (SSSR count). The molecule has 0 bridgehead atoms. The number of para-hydroxylation sites is 1. The second-order valence-corrected chi connectivity index (χ2v) is 10.9. The summed E-state index contributed by atoms with van der Waals surface area (Å²) in [6.07, 6.45) is 4.83. The highest BCUT2D eigenvalue weighted by Crippen LogP contribution is 2.31. The molecule has 40 heavy (non-hydrogen) atoms. The molecule has 8 heteroatoms. The fourth-order valence-electron chi connectivity index (χ4n) is 4.97. The van der Waals surface area contributed by atoms with E-state index in [0.29, 0.717) is 21.9 Å². The third-order valence-electron chi connectivity index (χ3n) is 6.73. The Balaban J connectivity index is 1.44. The Kier molecular flexibility index (Phi) is 6.77. The Bertz CT molecular complexity index is 1910. The summed E-state index contributed by atoms with van der Waals surface area (Å²) < 4.78 is 9.48. The van der Waals surface area contributed by atoms with Crippen LogP contribution in [0.25, 0.3) is 39.4 Å². The first-order valence-electron chi connectivity index (χ1n) is 13.3. The van der Waals surface area contributed by atoms with Crippen LogP contribution in [0.15, 0.2) is 77.7 Å². The number of hydrogen-bond donors (Lipinski definition) is 0. The van der Waals surface area contributed by atoms with E-state index in [2.05, 4.69) is 49.9 Å². The summed E-state index contributed by atoms with van der Waals surface area (Å²) in [5.74, 6) is 1.32. The smallest absolute Gasteiger partial charge is 0.291 e. The number of rotatable bonds is 7. The molecule has 0 spiro atoms. The molecule has 0 aliphatic carbocycles. The van der Waals surface area contributed by atoms with Crippen LogP contribution in [-0.2, 0) is 0 Å². The first-order valence-corrected chi connectivity index (χ1v) is 14.1. The standard InChI is InChI=1S/C32H29N5O2S/c1-5-15-39-26-13-11-23(12-14-26)30-33-32-37(35-30)31(38)27(40-32)18-24-19-36(25-9-7-6-8-10-25)34-29(24)28-21(3)16-20(2)17-22(28)4/h6-14,16-19H,5,15H2,1-4H3/b27-18-. The van der Waals surface area contributed by atoms with Crippen molar-refractivity contribution in [1.29, 1.82) is 0 Å². The lowest BCUT2D eigenvalue weighted by Gasteiger charge is -2.10. The van der Waals surface area contributed by atoms with E-state index in [9.17, 15) is 4.79 Å². The van der Waals surface area contributed by atoms with Gasteiger partial charge in [-0.15, -0.1) is 5.10 Å². The van der Waals surface area contributed by atoms with Gasteiger partial charge in [-0.3, -0.25) is 4.79 Å². The van der Waals surface area contributed by atoms with Crippen LogP contribution < -0.4 is 14.8 Å². The van der Waals surface area contributed by atoms with Crippen LogP contribution in [0.4, 0.5) is 0 Å². The normalized spacial score (nSPS) is 11.9. The average molecular weight is 548 g/mol. The molecule has 0 saturated heterocycles. The van der Waals surface area contributed by atoms with Crippen molar-refractivity contribution < 1.29 is 4.74 Å². The molecular weight excluding hydrogens is 518 g/mol. The predicted octanol–water partition coefficient (Wildman–Crippen LogP) is 5.93. The van der Waals surface area contributed by atoms with Crippen LogP contribution in [0.1, 0.15) is 35.6 Å². The van der Waals surface area contributed by atoms with Crippen LogP contribution in [0.3, 0.4) is 0 Å². The third kappa shape index (κ3) is 4.82. The molecule has 200 valence electrons. The lowest BCUT2D eigenvalue weighted by molar-refractivity contribution is 0.317. The van der Waals surface area contributed by atoms with Gasteiger partial charge in [-0.1, -0.05) is 54.2 Å². The van der Waals surface area contributed by atoms with Crippen LogP contribution in [-0.4, -0.2) is 31.0 Å². The van der Waals surface area contributed by atoms with Crippen molar-refractivity contribution in [3.8, 4) is 34.1 Å². The maximum atomic E-state index is 13.4. The predicted molar refractivity (Wildman–Crippen MR) is 160 cm³/mol. The van der Waals surface area contributed by atoms with Gasteiger partial charge in [0.2, 0.25) is 4.96 Å². The molecule has 0 radical (unpaired) electrons. The van der Waals surface area contributed by atoms with Gasteiger partial charge in [-0.05, 0) is 80.8 Å². The van der Waals surface area contributed by atoms with Crippen molar-refractivity contribution in [3.05, 3.63) is 110 Å². The average Bonchev–Trinajstić information content (AvgIpc) is 3.63. The number of hydrogen-bond acceptors (Lipinski definition) is 6. The largest absolute Gasteiger partial charge is 0.494 e. The molecule has 0 N–H and O–H groups in total. The molecule has 3 heterocycles.